The van der Waals surface area contributed by atoms with Gasteiger partial charge in [-0.2, -0.15) is 0 Å². The third kappa shape index (κ3) is 5.59. The topological polar surface area (TPSA) is 94.6 Å². The summed E-state index contributed by atoms with van der Waals surface area (Å²) in [6, 6.07) is 25.0. The number of carboxylic acids is 1. The minimum atomic E-state index is -0.829. The van der Waals surface area contributed by atoms with Gasteiger partial charge >= 0.3 is 5.97 Å². The fourth-order valence-corrected chi connectivity index (χ4v) is 5.66. The van der Waals surface area contributed by atoms with Crippen molar-refractivity contribution in [3.8, 4) is 5.75 Å². The Morgan fingerprint density at radius 3 is 2.37 bits per heavy atom. The van der Waals surface area contributed by atoms with Crippen LogP contribution >= 0.6 is 0 Å². The highest BCUT2D eigenvalue weighted by Gasteiger charge is 2.31. The molecule has 0 saturated carbocycles. The maximum Gasteiger partial charge on any atom is 0.303 e. The molecule has 1 aromatic heterocycles. The molecule has 1 amide bonds. The van der Waals surface area contributed by atoms with Gasteiger partial charge in [0.2, 0.25) is 5.91 Å². The maximum atomic E-state index is 12.5. The Bertz CT molecular complexity index is 1430. The number of carbonyl (C=O) groups is 2. The van der Waals surface area contributed by atoms with Crippen LogP contribution in [0.25, 0.3) is 10.9 Å². The highest BCUT2D eigenvalue weighted by Crippen LogP contribution is 2.42. The number of primary amides is 1. The Kier molecular flexibility index (Phi) is 7.78. The molecule has 0 aliphatic heterocycles. The van der Waals surface area contributed by atoms with Gasteiger partial charge in [0.05, 0.1) is 12.5 Å². The number of aromatic nitrogens is 1. The molecule has 1 heterocycles. The van der Waals surface area contributed by atoms with Crippen molar-refractivity contribution in [2.75, 3.05) is 6.61 Å². The molecule has 38 heavy (non-hydrogen) atoms. The standard InChI is InChI=1S/C32H34N2O4/c33-32(37)25-13-7-14-27-31(25)26-20-29(38-18-8-15-30(35)36)24(17-16-22-9-3-1-4-10-22)19-28(26)34(27)21-23-11-5-2-6-12-23/h1-6,9-12,19-20,25H,7-8,13-18,21H2,(H2,33,37)(H,35,36). The molecule has 1 unspecified atom stereocenters. The predicted octanol–water partition coefficient (Wildman–Crippen LogP) is 5.62. The van der Waals surface area contributed by atoms with Crippen LogP contribution in [0.4, 0.5) is 0 Å². The number of carboxylic acid groups (broad SMARTS) is 1. The molecule has 196 valence electrons. The highest BCUT2D eigenvalue weighted by molar-refractivity contribution is 5.94. The fraction of sp³-hybridized carbons (Fsp3) is 0.312. The van der Waals surface area contributed by atoms with E-state index in [2.05, 4.69) is 41.0 Å². The van der Waals surface area contributed by atoms with Gasteiger partial charge in [0.1, 0.15) is 5.75 Å². The fourth-order valence-electron chi connectivity index (χ4n) is 5.66. The number of nitrogens with two attached hydrogens (primary N) is 1. The zero-order chi connectivity index (χ0) is 26.5. The van der Waals surface area contributed by atoms with Crippen molar-refractivity contribution in [2.24, 2.45) is 5.73 Å². The average molecular weight is 511 g/mol. The largest absolute Gasteiger partial charge is 0.493 e. The number of carbonyl (C=O) groups excluding carboxylic acids is 1. The highest BCUT2D eigenvalue weighted by atomic mass is 16.5. The number of benzene rings is 3. The summed E-state index contributed by atoms with van der Waals surface area (Å²) < 4.78 is 8.57. The normalized spacial score (nSPS) is 14.8. The second-order valence-corrected chi connectivity index (χ2v) is 10.1. The summed E-state index contributed by atoms with van der Waals surface area (Å²) in [5.41, 5.74) is 12.7. The van der Waals surface area contributed by atoms with Crippen molar-refractivity contribution in [1.29, 1.82) is 0 Å². The molecule has 1 aliphatic carbocycles. The zero-order valence-corrected chi connectivity index (χ0v) is 21.6. The summed E-state index contributed by atoms with van der Waals surface area (Å²) in [6.07, 6.45) is 4.71. The predicted molar refractivity (Wildman–Crippen MR) is 149 cm³/mol. The van der Waals surface area contributed by atoms with Crippen molar-refractivity contribution in [3.63, 3.8) is 0 Å². The molecule has 0 bridgehead atoms. The van der Waals surface area contributed by atoms with Crippen molar-refractivity contribution in [3.05, 3.63) is 101 Å². The Morgan fingerprint density at radius 2 is 1.68 bits per heavy atom. The zero-order valence-electron chi connectivity index (χ0n) is 21.6. The molecule has 3 N–H and O–H groups in total. The lowest BCUT2D eigenvalue weighted by atomic mass is 9.84. The van der Waals surface area contributed by atoms with E-state index >= 15 is 0 Å². The quantitative estimate of drug-likeness (QED) is 0.256. The molecule has 3 aromatic carbocycles. The maximum absolute atomic E-state index is 12.5. The van der Waals surface area contributed by atoms with Gasteiger partial charge in [0.25, 0.3) is 0 Å². The first-order valence-corrected chi connectivity index (χ1v) is 13.4. The lowest BCUT2D eigenvalue weighted by Gasteiger charge is -2.22. The van der Waals surface area contributed by atoms with Crippen molar-refractivity contribution in [1.82, 2.24) is 4.57 Å². The van der Waals surface area contributed by atoms with E-state index in [1.54, 1.807) is 0 Å². The van der Waals surface area contributed by atoms with Crippen LogP contribution in [0.5, 0.6) is 5.75 Å². The number of nitrogens with zero attached hydrogens (tertiary/aromatic N) is 1. The van der Waals surface area contributed by atoms with Crippen molar-refractivity contribution in [2.45, 2.75) is 57.4 Å². The minimum absolute atomic E-state index is 0.0637. The van der Waals surface area contributed by atoms with Gasteiger partial charge in [-0.05, 0) is 72.9 Å². The molecular weight excluding hydrogens is 476 g/mol. The Hall–Kier alpha value is -4.06. The van der Waals surface area contributed by atoms with Crippen LogP contribution in [-0.2, 0) is 35.4 Å². The van der Waals surface area contributed by atoms with Crippen LogP contribution < -0.4 is 10.5 Å². The van der Waals surface area contributed by atoms with Crippen LogP contribution in [0.2, 0.25) is 0 Å². The second kappa shape index (κ2) is 11.5. The number of hydrogen-bond acceptors (Lipinski definition) is 3. The van der Waals surface area contributed by atoms with E-state index in [1.165, 1.54) is 16.8 Å². The van der Waals surface area contributed by atoms with Crippen LogP contribution in [0.3, 0.4) is 0 Å². The SMILES string of the molecule is NC(=O)C1CCCc2c1c1cc(OCCCC(=O)O)c(CCc3ccccc3)cc1n2Cc1ccccc1. The summed E-state index contributed by atoms with van der Waals surface area (Å²) in [4.78, 5) is 23.6. The van der Waals surface area contributed by atoms with Gasteiger partial charge in [0, 0.05) is 29.6 Å². The van der Waals surface area contributed by atoms with Crippen molar-refractivity contribution < 1.29 is 19.4 Å². The molecule has 0 saturated heterocycles. The third-order valence-electron chi connectivity index (χ3n) is 7.50. The minimum Gasteiger partial charge on any atom is -0.493 e. The van der Waals surface area contributed by atoms with Gasteiger partial charge in [-0.3, -0.25) is 9.59 Å². The summed E-state index contributed by atoms with van der Waals surface area (Å²) >= 11 is 0. The number of fused-ring (bicyclic) bond motifs is 3. The Labute approximate surface area is 223 Å². The molecular formula is C32H34N2O4. The molecule has 0 fully saturated rings. The third-order valence-corrected chi connectivity index (χ3v) is 7.50. The monoisotopic (exact) mass is 510 g/mol. The molecule has 4 aromatic rings. The molecule has 0 spiro atoms. The van der Waals surface area contributed by atoms with E-state index in [4.69, 9.17) is 15.6 Å². The van der Waals surface area contributed by atoms with Gasteiger partial charge in [-0.25, -0.2) is 0 Å². The number of aryl methyl sites for hydroxylation is 2. The molecule has 5 rings (SSSR count). The van der Waals surface area contributed by atoms with Crippen LogP contribution in [-0.4, -0.2) is 28.2 Å². The summed E-state index contributed by atoms with van der Waals surface area (Å²) in [6.45, 7) is 1.04. The first-order chi connectivity index (χ1) is 18.5. The smallest absolute Gasteiger partial charge is 0.303 e. The molecule has 0 radical (unpaired) electrons. The van der Waals surface area contributed by atoms with Gasteiger partial charge < -0.3 is 20.1 Å². The van der Waals surface area contributed by atoms with E-state index in [1.807, 2.05) is 36.4 Å². The number of aliphatic carboxylic acids is 1. The first kappa shape index (κ1) is 25.6. The number of rotatable bonds is 11. The average Bonchev–Trinajstić information content (AvgIpc) is 3.23. The number of ether oxygens (including phenoxy) is 1. The van der Waals surface area contributed by atoms with E-state index < -0.39 is 5.97 Å². The second-order valence-electron chi connectivity index (χ2n) is 10.1. The molecule has 6 heteroatoms. The molecule has 1 atom stereocenters. The lowest BCUT2D eigenvalue weighted by Crippen LogP contribution is -2.25. The summed E-state index contributed by atoms with van der Waals surface area (Å²) in [7, 11) is 0. The number of hydrogen-bond donors (Lipinski definition) is 2. The van der Waals surface area contributed by atoms with E-state index in [9.17, 15) is 9.59 Å². The van der Waals surface area contributed by atoms with E-state index in [-0.39, 0.29) is 18.2 Å². The van der Waals surface area contributed by atoms with Gasteiger partial charge in [-0.1, -0.05) is 60.7 Å². The molecule has 1 aliphatic rings. The number of amides is 1. The van der Waals surface area contributed by atoms with E-state index in [0.717, 1.165) is 66.4 Å². The van der Waals surface area contributed by atoms with Crippen LogP contribution in [0.15, 0.2) is 72.8 Å². The summed E-state index contributed by atoms with van der Waals surface area (Å²) in [5, 5.41) is 10.1. The van der Waals surface area contributed by atoms with Crippen LogP contribution in [0.1, 0.15) is 59.5 Å². The lowest BCUT2D eigenvalue weighted by molar-refractivity contribution is -0.137. The van der Waals surface area contributed by atoms with E-state index in [0.29, 0.717) is 13.0 Å². The van der Waals surface area contributed by atoms with Gasteiger partial charge in [-0.15, -0.1) is 0 Å². The van der Waals surface area contributed by atoms with Gasteiger partial charge in [0.15, 0.2) is 0 Å². The Morgan fingerprint density at radius 1 is 0.974 bits per heavy atom. The Balaban J connectivity index is 1.61. The first-order valence-electron chi connectivity index (χ1n) is 13.4. The van der Waals surface area contributed by atoms with Crippen LogP contribution in [0, 0.1) is 0 Å². The van der Waals surface area contributed by atoms with Crippen molar-refractivity contribution >= 4 is 22.8 Å². The summed E-state index contributed by atoms with van der Waals surface area (Å²) in [5.74, 6) is -0.688. The molecule has 6 nitrogen and oxygen atoms in total.